The molecule has 0 radical (unpaired) electrons. The first-order chi connectivity index (χ1) is 5.90. The smallest absolute Gasteiger partial charge is 0.0154 e. The van der Waals surface area contributed by atoms with Gasteiger partial charge >= 0.3 is 0 Å². The van der Waals surface area contributed by atoms with Crippen molar-refractivity contribution in [3.63, 3.8) is 0 Å². The summed E-state index contributed by atoms with van der Waals surface area (Å²) in [7, 11) is 0. The Morgan fingerprint density at radius 1 is 1.42 bits per heavy atom. The van der Waals surface area contributed by atoms with Gasteiger partial charge in [-0.25, -0.2) is 0 Å². The molecule has 0 unspecified atom stereocenters. The van der Waals surface area contributed by atoms with E-state index < -0.39 is 0 Å². The summed E-state index contributed by atoms with van der Waals surface area (Å²) in [4.78, 5) is 2.95. The number of hydrogen-bond acceptors (Lipinski definition) is 1. The summed E-state index contributed by atoms with van der Waals surface area (Å²) < 4.78 is 0. The van der Waals surface area contributed by atoms with Crippen LogP contribution in [0.2, 0.25) is 0 Å². The van der Waals surface area contributed by atoms with Gasteiger partial charge in [-0.05, 0) is 23.0 Å². The van der Waals surface area contributed by atoms with Crippen LogP contribution in [0.4, 0.5) is 0 Å². The highest BCUT2D eigenvalue weighted by Gasteiger charge is 2.13. The molecule has 0 bridgehead atoms. The maximum atomic E-state index is 2.32. The van der Waals surface area contributed by atoms with Gasteiger partial charge in [-0.3, -0.25) is 0 Å². The first kappa shape index (κ1) is 7.93. The molecule has 0 saturated heterocycles. The van der Waals surface area contributed by atoms with E-state index in [0.717, 1.165) is 12.8 Å². The topological polar surface area (TPSA) is 0 Å². The molecule has 1 heterocycles. The van der Waals surface area contributed by atoms with Crippen LogP contribution in [0.3, 0.4) is 0 Å². The molecule has 0 amide bonds. The zero-order valence-corrected chi connectivity index (χ0v) is 8.03. The van der Waals surface area contributed by atoms with Gasteiger partial charge in [0.2, 0.25) is 0 Å². The Labute approximate surface area is 77.7 Å². The summed E-state index contributed by atoms with van der Waals surface area (Å²) in [5.41, 5.74) is 1.49. The molecule has 1 aromatic rings. The monoisotopic (exact) mass is 176 g/mol. The summed E-state index contributed by atoms with van der Waals surface area (Å²) in [6, 6.07) is 8.66. The van der Waals surface area contributed by atoms with Crippen LogP contribution >= 0.6 is 11.8 Å². The van der Waals surface area contributed by atoms with Crippen LogP contribution < -0.4 is 0 Å². The van der Waals surface area contributed by atoms with Gasteiger partial charge in [0.05, 0.1) is 0 Å². The van der Waals surface area contributed by atoms with Crippen molar-refractivity contribution in [2.24, 2.45) is 0 Å². The molecule has 1 heteroatoms. The Kier molecular flexibility index (Phi) is 2.22. The lowest BCUT2D eigenvalue weighted by atomic mass is 10.1. The molecular weight excluding hydrogens is 164 g/mol. The molecule has 0 nitrogen and oxygen atoms in total. The van der Waals surface area contributed by atoms with Crippen molar-refractivity contribution >= 4 is 11.8 Å². The van der Waals surface area contributed by atoms with Gasteiger partial charge in [-0.1, -0.05) is 43.0 Å². The third-order valence-corrected chi connectivity index (χ3v) is 3.20. The van der Waals surface area contributed by atoms with Crippen molar-refractivity contribution in [2.45, 2.75) is 24.7 Å². The molecule has 0 fully saturated rings. The van der Waals surface area contributed by atoms with Gasteiger partial charge < -0.3 is 0 Å². The van der Waals surface area contributed by atoms with Crippen molar-refractivity contribution in [3.05, 3.63) is 40.8 Å². The maximum absolute atomic E-state index is 2.32. The predicted octanol–water partition coefficient (Wildman–Crippen LogP) is 3.63. The van der Waals surface area contributed by atoms with Crippen molar-refractivity contribution in [3.8, 4) is 0 Å². The molecule has 0 N–H and O–H groups in total. The van der Waals surface area contributed by atoms with Crippen LogP contribution in [0.1, 0.15) is 18.9 Å². The quantitative estimate of drug-likeness (QED) is 0.629. The van der Waals surface area contributed by atoms with E-state index >= 15 is 0 Å². The normalized spacial score (nSPS) is 18.2. The molecule has 0 atom stereocenters. The summed E-state index contributed by atoms with van der Waals surface area (Å²) in [5.74, 6) is 0. The number of thioether (sulfide) groups is 1. The van der Waals surface area contributed by atoms with Crippen LogP contribution in [-0.4, -0.2) is 0 Å². The fraction of sp³-hybridized carbons (Fsp3) is 0.273. The predicted molar refractivity (Wildman–Crippen MR) is 54.4 cm³/mol. The SMILES string of the molecule is CC/C=C1\Cc2ccccc2S1. The number of benzene rings is 1. The van der Waals surface area contributed by atoms with Crippen LogP contribution in [0.15, 0.2) is 40.1 Å². The molecule has 12 heavy (non-hydrogen) atoms. The van der Waals surface area contributed by atoms with Crippen molar-refractivity contribution < 1.29 is 0 Å². The van der Waals surface area contributed by atoms with E-state index in [4.69, 9.17) is 0 Å². The second-order valence-corrected chi connectivity index (χ2v) is 4.13. The third kappa shape index (κ3) is 1.42. The first-order valence-electron chi connectivity index (χ1n) is 4.35. The molecule has 0 spiro atoms. The van der Waals surface area contributed by atoms with Gasteiger partial charge in [0, 0.05) is 11.3 Å². The Bertz CT molecular complexity index is 286. The number of allylic oxidation sites excluding steroid dienone is 2. The van der Waals surface area contributed by atoms with Crippen LogP contribution in [0.5, 0.6) is 0 Å². The minimum absolute atomic E-state index is 1.15. The zero-order valence-electron chi connectivity index (χ0n) is 7.21. The zero-order chi connectivity index (χ0) is 8.39. The van der Waals surface area contributed by atoms with Crippen molar-refractivity contribution in [1.29, 1.82) is 0 Å². The third-order valence-electron chi connectivity index (χ3n) is 2.01. The van der Waals surface area contributed by atoms with E-state index in [0.29, 0.717) is 0 Å². The Balaban J connectivity index is 2.27. The molecule has 62 valence electrons. The van der Waals surface area contributed by atoms with Crippen LogP contribution in [-0.2, 0) is 6.42 Å². The molecule has 0 saturated carbocycles. The fourth-order valence-corrected chi connectivity index (χ4v) is 2.63. The van der Waals surface area contributed by atoms with Crippen LogP contribution in [0, 0.1) is 0 Å². The standard InChI is InChI=1S/C11H12S/c1-2-5-10-8-9-6-3-4-7-11(9)12-10/h3-7H,2,8H2,1H3/b10-5+. The lowest BCUT2D eigenvalue weighted by Gasteiger charge is -1.91. The van der Waals surface area contributed by atoms with E-state index in [-0.39, 0.29) is 0 Å². The minimum atomic E-state index is 1.15. The number of hydrogen-bond donors (Lipinski definition) is 0. The average Bonchev–Trinajstić information content (AvgIpc) is 2.47. The van der Waals surface area contributed by atoms with E-state index in [1.54, 1.807) is 0 Å². The van der Waals surface area contributed by atoms with E-state index in [2.05, 4.69) is 37.3 Å². The van der Waals surface area contributed by atoms with Crippen LogP contribution in [0.25, 0.3) is 0 Å². The fourth-order valence-electron chi connectivity index (χ4n) is 1.46. The highest BCUT2D eigenvalue weighted by atomic mass is 32.2. The van der Waals surface area contributed by atoms with Gasteiger partial charge in [-0.15, -0.1) is 0 Å². The second-order valence-electron chi connectivity index (χ2n) is 2.97. The average molecular weight is 176 g/mol. The highest BCUT2D eigenvalue weighted by molar-refractivity contribution is 8.03. The van der Waals surface area contributed by atoms with E-state index in [1.165, 1.54) is 15.4 Å². The highest BCUT2D eigenvalue weighted by Crippen LogP contribution is 2.39. The largest absolute Gasteiger partial charge is 0.0942 e. The number of rotatable bonds is 1. The Hall–Kier alpha value is -0.690. The van der Waals surface area contributed by atoms with Crippen molar-refractivity contribution in [2.75, 3.05) is 0 Å². The molecule has 1 aliphatic heterocycles. The molecule has 0 aliphatic carbocycles. The minimum Gasteiger partial charge on any atom is -0.0942 e. The number of fused-ring (bicyclic) bond motifs is 1. The van der Waals surface area contributed by atoms with Gasteiger partial charge in [0.25, 0.3) is 0 Å². The molecular formula is C11H12S. The lowest BCUT2D eigenvalue weighted by molar-refractivity contribution is 1.16. The molecule has 0 aromatic heterocycles. The van der Waals surface area contributed by atoms with Gasteiger partial charge in [0.1, 0.15) is 0 Å². The Morgan fingerprint density at radius 2 is 2.25 bits per heavy atom. The lowest BCUT2D eigenvalue weighted by Crippen LogP contribution is -1.77. The summed E-state index contributed by atoms with van der Waals surface area (Å²) in [5, 5.41) is 0. The maximum Gasteiger partial charge on any atom is 0.0154 e. The van der Waals surface area contributed by atoms with E-state index in [9.17, 15) is 0 Å². The summed E-state index contributed by atoms with van der Waals surface area (Å²) >= 11 is 1.92. The van der Waals surface area contributed by atoms with E-state index in [1.807, 2.05) is 11.8 Å². The van der Waals surface area contributed by atoms with Crippen molar-refractivity contribution in [1.82, 2.24) is 0 Å². The van der Waals surface area contributed by atoms with Gasteiger partial charge in [0.15, 0.2) is 0 Å². The molecule has 1 aromatic carbocycles. The van der Waals surface area contributed by atoms with Gasteiger partial charge in [-0.2, -0.15) is 0 Å². The molecule has 2 rings (SSSR count). The first-order valence-corrected chi connectivity index (χ1v) is 5.16. The molecule has 1 aliphatic rings. The summed E-state index contributed by atoms with van der Waals surface area (Å²) in [6.45, 7) is 2.19. The second kappa shape index (κ2) is 3.36. The summed E-state index contributed by atoms with van der Waals surface area (Å²) in [6.07, 6.45) is 4.62. The Morgan fingerprint density at radius 3 is 3.00 bits per heavy atom.